The van der Waals surface area contributed by atoms with Crippen molar-refractivity contribution in [1.82, 2.24) is 0 Å². The Bertz CT molecular complexity index is 727. The number of sulfone groups is 1. The van der Waals surface area contributed by atoms with E-state index in [1.165, 1.54) is 0 Å². The topological polar surface area (TPSA) is 52.6 Å². The van der Waals surface area contributed by atoms with Gasteiger partial charge < -0.3 is 9.47 Å². The van der Waals surface area contributed by atoms with Gasteiger partial charge >= 0.3 is 0 Å². The average Bonchev–Trinajstić information content (AvgIpc) is 2.70. The minimum absolute atomic E-state index is 0.000411. The molecule has 4 nitrogen and oxygen atoms in total. The van der Waals surface area contributed by atoms with E-state index in [9.17, 15) is 8.42 Å². The van der Waals surface area contributed by atoms with Crippen LogP contribution < -0.4 is 0 Å². The van der Waals surface area contributed by atoms with Crippen molar-refractivity contribution in [2.75, 3.05) is 5.75 Å². The van der Waals surface area contributed by atoms with Gasteiger partial charge in [0.1, 0.15) is 0 Å². The van der Waals surface area contributed by atoms with Gasteiger partial charge in [-0.1, -0.05) is 29.3 Å². The Labute approximate surface area is 152 Å². The zero-order chi connectivity index (χ0) is 18.9. The van der Waals surface area contributed by atoms with E-state index in [1.807, 2.05) is 59.8 Å². The third kappa shape index (κ3) is 5.40. The fourth-order valence-corrected chi connectivity index (χ4v) is 4.42. The van der Waals surface area contributed by atoms with E-state index in [-0.39, 0.29) is 17.5 Å². The Morgan fingerprint density at radius 2 is 1.76 bits per heavy atom. The monoisotopic (exact) mass is 366 g/mol. The first-order chi connectivity index (χ1) is 11.4. The molecule has 25 heavy (non-hydrogen) atoms. The minimum Gasteiger partial charge on any atom is -0.344 e. The highest BCUT2D eigenvalue weighted by Gasteiger charge is 2.46. The molecule has 1 atom stereocenters. The van der Waals surface area contributed by atoms with E-state index in [4.69, 9.17) is 9.47 Å². The lowest BCUT2D eigenvalue weighted by molar-refractivity contribution is -0.157. The van der Waals surface area contributed by atoms with Crippen molar-refractivity contribution in [3.63, 3.8) is 0 Å². The van der Waals surface area contributed by atoms with Crippen LogP contribution in [-0.2, 0) is 19.3 Å². The number of rotatable bonds is 6. The normalized spacial score (nSPS) is 23.0. The van der Waals surface area contributed by atoms with Crippen molar-refractivity contribution >= 4 is 9.84 Å². The number of benzene rings is 1. The molecule has 2 rings (SSSR count). The van der Waals surface area contributed by atoms with E-state index < -0.39 is 15.6 Å². The summed E-state index contributed by atoms with van der Waals surface area (Å²) in [5.41, 5.74) is 1.77. The van der Waals surface area contributed by atoms with Crippen molar-refractivity contribution in [2.45, 2.75) is 76.8 Å². The van der Waals surface area contributed by atoms with Crippen LogP contribution in [-0.4, -0.2) is 31.7 Å². The van der Waals surface area contributed by atoms with Crippen LogP contribution in [0, 0.1) is 6.92 Å². The van der Waals surface area contributed by atoms with Crippen molar-refractivity contribution in [3.8, 4) is 0 Å². The van der Waals surface area contributed by atoms with Gasteiger partial charge in [0.05, 0.1) is 22.4 Å². The zero-order valence-electron chi connectivity index (χ0n) is 16.1. The van der Waals surface area contributed by atoms with Crippen LogP contribution >= 0.6 is 0 Å². The molecule has 140 valence electrons. The Balaban J connectivity index is 1.95. The smallest absolute Gasteiger partial charge is 0.181 e. The van der Waals surface area contributed by atoms with Gasteiger partial charge in [0, 0.05) is 0 Å². The Morgan fingerprint density at radius 1 is 1.16 bits per heavy atom. The van der Waals surface area contributed by atoms with Crippen LogP contribution in [0.15, 0.2) is 40.8 Å². The number of allylic oxidation sites excluding steroid dienone is 1. The highest BCUT2D eigenvalue weighted by atomic mass is 32.2. The molecular weight excluding hydrogens is 336 g/mol. The van der Waals surface area contributed by atoms with Crippen molar-refractivity contribution in [2.24, 2.45) is 0 Å². The molecule has 1 fully saturated rings. The molecule has 1 aliphatic rings. The Hall–Kier alpha value is -1.17. The van der Waals surface area contributed by atoms with Crippen LogP contribution in [0.2, 0.25) is 0 Å². The maximum atomic E-state index is 12.4. The molecule has 1 aliphatic heterocycles. The van der Waals surface area contributed by atoms with Gasteiger partial charge in [-0.15, -0.1) is 0 Å². The molecule has 0 saturated carbocycles. The molecule has 5 heteroatoms. The molecule has 1 aromatic rings. The van der Waals surface area contributed by atoms with Crippen molar-refractivity contribution in [3.05, 3.63) is 41.5 Å². The van der Waals surface area contributed by atoms with E-state index >= 15 is 0 Å². The molecule has 1 saturated heterocycles. The summed E-state index contributed by atoms with van der Waals surface area (Å²) in [6, 6.07) is 6.99. The largest absolute Gasteiger partial charge is 0.344 e. The molecule has 0 radical (unpaired) electrons. The summed E-state index contributed by atoms with van der Waals surface area (Å²) in [5, 5.41) is 0. The molecule has 0 aromatic heterocycles. The predicted molar refractivity (Wildman–Crippen MR) is 100 cm³/mol. The summed E-state index contributed by atoms with van der Waals surface area (Å²) in [6.07, 6.45) is 3.41. The van der Waals surface area contributed by atoms with Crippen LogP contribution in [0.4, 0.5) is 0 Å². The maximum absolute atomic E-state index is 12.4. The van der Waals surface area contributed by atoms with Gasteiger partial charge in [0.2, 0.25) is 0 Å². The van der Waals surface area contributed by atoms with E-state index in [1.54, 1.807) is 12.1 Å². The summed E-state index contributed by atoms with van der Waals surface area (Å²) in [6.45, 7) is 11.8. The third-order valence-corrected chi connectivity index (χ3v) is 6.14. The number of hydrogen-bond donors (Lipinski definition) is 0. The zero-order valence-corrected chi connectivity index (χ0v) is 16.9. The fraction of sp³-hybridized carbons (Fsp3) is 0.600. The lowest BCUT2D eigenvalue weighted by atomic mass is 9.96. The molecule has 1 aromatic carbocycles. The Kier molecular flexibility index (Phi) is 5.81. The molecule has 0 aliphatic carbocycles. The predicted octanol–water partition coefficient (Wildman–Crippen LogP) is 4.43. The van der Waals surface area contributed by atoms with Gasteiger partial charge in [0.25, 0.3) is 0 Å². The molecule has 0 unspecified atom stereocenters. The van der Waals surface area contributed by atoms with Crippen LogP contribution in [0.1, 0.15) is 53.0 Å². The second-order valence-electron chi connectivity index (χ2n) is 7.90. The van der Waals surface area contributed by atoms with Gasteiger partial charge in [-0.3, -0.25) is 0 Å². The minimum atomic E-state index is -3.28. The molecule has 0 N–H and O–H groups in total. The van der Waals surface area contributed by atoms with Crippen LogP contribution in [0.3, 0.4) is 0 Å². The van der Waals surface area contributed by atoms with Gasteiger partial charge in [-0.05, 0) is 66.5 Å². The molecular formula is C20H30O4S. The lowest BCUT2D eigenvalue weighted by Gasteiger charge is -2.24. The van der Waals surface area contributed by atoms with E-state index in [0.717, 1.165) is 24.0 Å². The molecule has 0 spiro atoms. The fourth-order valence-electron chi connectivity index (χ4n) is 3.17. The first-order valence-electron chi connectivity index (χ1n) is 8.74. The highest BCUT2D eigenvalue weighted by Crippen LogP contribution is 2.38. The van der Waals surface area contributed by atoms with E-state index in [0.29, 0.717) is 4.90 Å². The van der Waals surface area contributed by atoms with Crippen LogP contribution in [0.5, 0.6) is 0 Å². The standard InChI is InChI=1S/C20H30O4S/c1-15-7-10-17(11-8-15)25(21,22)14-13-16(2)9-12-18-19(3,4)24-20(5,6)23-18/h7-8,10-11,13,18H,9,12,14H2,1-6H3/b16-13+/t18-/m1/s1. The summed E-state index contributed by atoms with van der Waals surface area (Å²) >= 11 is 0. The van der Waals surface area contributed by atoms with Gasteiger partial charge in [-0.25, -0.2) is 8.42 Å². The van der Waals surface area contributed by atoms with Crippen LogP contribution in [0.25, 0.3) is 0 Å². The molecule has 0 amide bonds. The van der Waals surface area contributed by atoms with E-state index in [2.05, 4.69) is 0 Å². The van der Waals surface area contributed by atoms with Gasteiger partial charge in [-0.2, -0.15) is 0 Å². The third-order valence-electron chi connectivity index (χ3n) is 4.54. The van der Waals surface area contributed by atoms with Crippen molar-refractivity contribution < 1.29 is 17.9 Å². The lowest BCUT2D eigenvalue weighted by Crippen LogP contribution is -2.33. The summed E-state index contributed by atoms with van der Waals surface area (Å²) in [5.74, 6) is -0.542. The average molecular weight is 367 g/mol. The maximum Gasteiger partial charge on any atom is 0.181 e. The first-order valence-corrected chi connectivity index (χ1v) is 10.4. The SMILES string of the molecule is C/C(=C\CS(=O)(=O)c1ccc(C)cc1)CC[C@H]1OC(C)(C)OC1(C)C. The first kappa shape index (κ1) is 20.1. The molecule has 1 heterocycles. The number of hydrogen-bond acceptors (Lipinski definition) is 4. The van der Waals surface area contributed by atoms with Crippen molar-refractivity contribution in [1.29, 1.82) is 0 Å². The summed E-state index contributed by atoms with van der Waals surface area (Å²) in [4.78, 5) is 0.373. The number of ether oxygens (including phenoxy) is 2. The quantitative estimate of drug-likeness (QED) is 0.699. The van der Waals surface area contributed by atoms with Gasteiger partial charge in [0.15, 0.2) is 15.6 Å². The summed E-state index contributed by atoms with van der Waals surface area (Å²) < 4.78 is 36.7. The molecule has 0 bridgehead atoms. The Morgan fingerprint density at radius 3 is 2.28 bits per heavy atom. The number of aryl methyl sites for hydroxylation is 1. The summed E-state index contributed by atoms with van der Waals surface area (Å²) in [7, 11) is -3.28. The second kappa shape index (κ2) is 7.22. The second-order valence-corrected chi connectivity index (χ2v) is 9.93. The highest BCUT2D eigenvalue weighted by molar-refractivity contribution is 7.91.